The Balaban J connectivity index is 2.18. The highest BCUT2D eigenvalue weighted by Gasteiger charge is 2.17. The summed E-state index contributed by atoms with van der Waals surface area (Å²) in [5.41, 5.74) is 3.78. The fourth-order valence-electron chi connectivity index (χ4n) is 1.96. The standard InChI is InChI=1S/C11H10N2OS/c1-7-8-4-5-14-10(8)3-2-9(7)11-12-6-13-15-11/h2-3,6H,4-5H2,1H3. The van der Waals surface area contributed by atoms with Gasteiger partial charge in [-0.2, -0.15) is 4.37 Å². The first-order chi connectivity index (χ1) is 7.36. The molecule has 0 N–H and O–H groups in total. The number of fused-ring (bicyclic) bond motifs is 1. The molecule has 0 radical (unpaired) electrons. The van der Waals surface area contributed by atoms with E-state index in [4.69, 9.17) is 4.74 Å². The van der Waals surface area contributed by atoms with Gasteiger partial charge in [0.1, 0.15) is 17.1 Å². The predicted molar refractivity (Wildman–Crippen MR) is 59.3 cm³/mol. The van der Waals surface area contributed by atoms with Crippen LogP contribution in [-0.2, 0) is 6.42 Å². The van der Waals surface area contributed by atoms with Crippen LogP contribution in [0.25, 0.3) is 10.6 Å². The molecule has 0 fully saturated rings. The van der Waals surface area contributed by atoms with E-state index in [1.54, 1.807) is 6.33 Å². The van der Waals surface area contributed by atoms with Gasteiger partial charge in [0.25, 0.3) is 0 Å². The lowest BCUT2D eigenvalue weighted by atomic mass is 10.0. The van der Waals surface area contributed by atoms with Gasteiger partial charge < -0.3 is 4.74 Å². The Morgan fingerprint density at radius 1 is 1.40 bits per heavy atom. The monoisotopic (exact) mass is 218 g/mol. The highest BCUT2D eigenvalue weighted by Crippen LogP contribution is 2.34. The molecule has 1 aliphatic heterocycles. The first-order valence-corrected chi connectivity index (χ1v) is 5.66. The number of rotatable bonds is 1. The van der Waals surface area contributed by atoms with Crippen LogP contribution in [0.5, 0.6) is 5.75 Å². The van der Waals surface area contributed by atoms with Crippen molar-refractivity contribution in [3.05, 3.63) is 29.6 Å². The van der Waals surface area contributed by atoms with Crippen molar-refractivity contribution in [3.8, 4) is 16.3 Å². The van der Waals surface area contributed by atoms with Crippen molar-refractivity contribution in [2.45, 2.75) is 13.3 Å². The largest absolute Gasteiger partial charge is 0.493 e. The molecule has 0 spiro atoms. The van der Waals surface area contributed by atoms with E-state index >= 15 is 0 Å². The third-order valence-corrected chi connectivity index (χ3v) is 3.45. The molecule has 2 aromatic rings. The average Bonchev–Trinajstić information content (AvgIpc) is 2.87. The van der Waals surface area contributed by atoms with Crippen LogP contribution in [0.1, 0.15) is 11.1 Å². The second-order valence-corrected chi connectivity index (χ2v) is 4.34. The molecule has 0 saturated carbocycles. The van der Waals surface area contributed by atoms with Gasteiger partial charge in [0, 0.05) is 17.5 Å². The third kappa shape index (κ3) is 1.33. The Labute approximate surface area is 91.9 Å². The smallest absolute Gasteiger partial charge is 0.143 e. The van der Waals surface area contributed by atoms with Crippen molar-refractivity contribution in [2.75, 3.05) is 6.61 Å². The Kier molecular flexibility index (Phi) is 1.95. The van der Waals surface area contributed by atoms with E-state index in [2.05, 4.69) is 22.3 Å². The van der Waals surface area contributed by atoms with E-state index in [-0.39, 0.29) is 0 Å². The number of ether oxygens (including phenoxy) is 1. The first-order valence-electron chi connectivity index (χ1n) is 4.88. The van der Waals surface area contributed by atoms with Crippen LogP contribution in [0, 0.1) is 6.92 Å². The lowest BCUT2D eigenvalue weighted by Gasteiger charge is -2.06. The molecule has 3 rings (SSSR count). The minimum absolute atomic E-state index is 0.801. The maximum Gasteiger partial charge on any atom is 0.143 e. The Morgan fingerprint density at radius 2 is 2.33 bits per heavy atom. The van der Waals surface area contributed by atoms with E-state index in [1.807, 2.05) is 6.07 Å². The first kappa shape index (κ1) is 8.85. The molecule has 2 heterocycles. The Hall–Kier alpha value is -1.42. The lowest BCUT2D eigenvalue weighted by molar-refractivity contribution is 0.357. The van der Waals surface area contributed by atoms with Crippen molar-refractivity contribution >= 4 is 11.5 Å². The second-order valence-electron chi connectivity index (χ2n) is 3.56. The molecule has 0 atom stereocenters. The van der Waals surface area contributed by atoms with Crippen LogP contribution in [0.3, 0.4) is 0 Å². The normalized spacial score (nSPS) is 13.7. The van der Waals surface area contributed by atoms with Gasteiger partial charge in [-0.25, -0.2) is 4.98 Å². The summed E-state index contributed by atoms with van der Waals surface area (Å²) in [6, 6.07) is 4.10. The molecule has 15 heavy (non-hydrogen) atoms. The number of benzene rings is 1. The number of nitrogens with zero attached hydrogens (tertiary/aromatic N) is 2. The molecular weight excluding hydrogens is 208 g/mol. The summed E-state index contributed by atoms with van der Waals surface area (Å²) >= 11 is 1.43. The van der Waals surface area contributed by atoms with Crippen molar-refractivity contribution in [3.63, 3.8) is 0 Å². The van der Waals surface area contributed by atoms with E-state index in [0.717, 1.165) is 23.8 Å². The van der Waals surface area contributed by atoms with E-state index < -0.39 is 0 Å². The van der Waals surface area contributed by atoms with Crippen LogP contribution >= 0.6 is 11.5 Å². The molecule has 0 amide bonds. The quantitative estimate of drug-likeness (QED) is 0.737. The third-order valence-electron chi connectivity index (χ3n) is 2.76. The number of hydrogen-bond acceptors (Lipinski definition) is 4. The van der Waals surface area contributed by atoms with Crippen LogP contribution in [0.4, 0.5) is 0 Å². The van der Waals surface area contributed by atoms with Crippen LogP contribution in [0.2, 0.25) is 0 Å². The maximum absolute atomic E-state index is 5.52. The minimum atomic E-state index is 0.801. The lowest BCUT2D eigenvalue weighted by Crippen LogP contribution is -1.88. The zero-order valence-electron chi connectivity index (χ0n) is 8.36. The Morgan fingerprint density at radius 3 is 3.13 bits per heavy atom. The van der Waals surface area contributed by atoms with Gasteiger partial charge in [-0.3, -0.25) is 0 Å². The molecular formula is C11H10N2OS. The summed E-state index contributed by atoms with van der Waals surface area (Å²) in [6.07, 6.45) is 2.61. The van der Waals surface area contributed by atoms with Crippen LogP contribution in [0.15, 0.2) is 18.5 Å². The zero-order chi connectivity index (χ0) is 10.3. The van der Waals surface area contributed by atoms with Crippen molar-refractivity contribution in [2.24, 2.45) is 0 Å². The summed E-state index contributed by atoms with van der Waals surface area (Å²) in [7, 11) is 0. The maximum atomic E-state index is 5.52. The molecule has 76 valence electrons. The summed E-state index contributed by atoms with van der Waals surface area (Å²) in [6.45, 7) is 2.93. The van der Waals surface area contributed by atoms with Crippen molar-refractivity contribution < 1.29 is 4.74 Å². The van der Waals surface area contributed by atoms with Gasteiger partial charge in [-0.1, -0.05) is 0 Å². The minimum Gasteiger partial charge on any atom is -0.493 e. The molecule has 0 aliphatic carbocycles. The molecule has 0 bridgehead atoms. The molecule has 1 aromatic heterocycles. The number of hydrogen-bond donors (Lipinski definition) is 0. The SMILES string of the molecule is Cc1c(-c2ncns2)ccc2c1CCO2. The van der Waals surface area contributed by atoms with Gasteiger partial charge in [0.2, 0.25) is 0 Å². The summed E-state index contributed by atoms with van der Waals surface area (Å²) in [5, 5.41) is 0.988. The molecule has 1 aromatic carbocycles. The second kappa shape index (κ2) is 3.31. The van der Waals surface area contributed by atoms with Crippen LogP contribution < -0.4 is 4.74 Å². The average molecular weight is 218 g/mol. The molecule has 1 aliphatic rings. The van der Waals surface area contributed by atoms with Crippen molar-refractivity contribution in [1.29, 1.82) is 0 Å². The topological polar surface area (TPSA) is 35.0 Å². The van der Waals surface area contributed by atoms with Gasteiger partial charge in [-0.05, 0) is 36.2 Å². The molecule has 0 saturated heterocycles. The molecule has 0 unspecified atom stereocenters. The van der Waals surface area contributed by atoms with E-state index in [9.17, 15) is 0 Å². The predicted octanol–water partition coefficient (Wildman–Crippen LogP) is 2.45. The van der Waals surface area contributed by atoms with Gasteiger partial charge >= 0.3 is 0 Å². The molecule has 3 nitrogen and oxygen atoms in total. The van der Waals surface area contributed by atoms with E-state index in [0.29, 0.717) is 0 Å². The van der Waals surface area contributed by atoms with Crippen LogP contribution in [-0.4, -0.2) is 16.0 Å². The van der Waals surface area contributed by atoms with Crippen molar-refractivity contribution in [1.82, 2.24) is 9.36 Å². The van der Waals surface area contributed by atoms with Gasteiger partial charge in [0.05, 0.1) is 6.61 Å². The summed E-state index contributed by atoms with van der Waals surface area (Å²) < 4.78 is 9.55. The van der Waals surface area contributed by atoms with E-state index in [1.165, 1.54) is 28.2 Å². The summed E-state index contributed by atoms with van der Waals surface area (Å²) in [5.74, 6) is 1.03. The molecule has 4 heteroatoms. The Bertz CT molecular complexity index is 494. The zero-order valence-corrected chi connectivity index (χ0v) is 9.17. The van der Waals surface area contributed by atoms with Gasteiger partial charge in [-0.15, -0.1) is 0 Å². The highest BCUT2D eigenvalue weighted by atomic mass is 32.1. The summed E-state index contributed by atoms with van der Waals surface area (Å²) in [4.78, 5) is 4.24. The highest BCUT2D eigenvalue weighted by molar-refractivity contribution is 7.09. The number of aromatic nitrogens is 2. The van der Waals surface area contributed by atoms with Gasteiger partial charge in [0.15, 0.2) is 0 Å². The fraction of sp³-hybridized carbons (Fsp3) is 0.273. The fourth-order valence-corrected chi connectivity index (χ4v) is 2.57.